The predicted molar refractivity (Wildman–Crippen MR) is 115 cm³/mol. The Morgan fingerprint density at radius 1 is 1.11 bits per heavy atom. The van der Waals surface area contributed by atoms with Gasteiger partial charge in [-0.05, 0) is 42.9 Å². The van der Waals surface area contributed by atoms with Crippen LogP contribution in [0.25, 0.3) is 12.2 Å². The fourth-order valence-corrected chi connectivity index (χ4v) is 3.21. The number of nitrogens with two attached hydrogens (primary N) is 1. The van der Waals surface area contributed by atoms with Crippen LogP contribution in [0.1, 0.15) is 21.5 Å². The van der Waals surface area contributed by atoms with Gasteiger partial charge in [-0.25, -0.2) is 0 Å². The van der Waals surface area contributed by atoms with Gasteiger partial charge in [-0.3, -0.25) is 9.69 Å². The van der Waals surface area contributed by atoms with Crippen LogP contribution in [0.2, 0.25) is 5.02 Å². The standard InChI is InChI=1S/C22H26ClN3O2/c1-25-10-12-26(13-11-25)14-15-28-21-9-6-19(22(24)27)16-18(21)5-2-17-3-7-20(23)8-4-17/h2-9,16H,10-15H2,1H3,(H2,24,27)/b5-2+. The lowest BCUT2D eigenvalue weighted by Gasteiger charge is -2.32. The summed E-state index contributed by atoms with van der Waals surface area (Å²) in [5.41, 5.74) is 7.73. The van der Waals surface area contributed by atoms with Gasteiger partial charge in [0.25, 0.3) is 0 Å². The first kappa shape index (κ1) is 20.4. The van der Waals surface area contributed by atoms with E-state index in [1.165, 1.54) is 0 Å². The molecule has 1 amide bonds. The average molecular weight is 400 g/mol. The van der Waals surface area contributed by atoms with E-state index in [2.05, 4.69) is 16.8 Å². The number of halogens is 1. The zero-order valence-electron chi connectivity index (χ0n) is 16.1. The highest BCUT2D eigenvalue weighted by Crippen LogP contribution is 2.23. The summed E-state index contributed by atoms with van der Waals surface area (Å²) in [5.74, 6) is 0.287. The van der Waals surface area contributed by atoms with E-state index in [1.807, 2.05) is 42.5 Å². The topological polar surface area (TPSA) is 58.8 Å². The zero-order chi connectivity index (χ0) is 19.9. The van der Waals surface area contributed by atoms with Gasteiger partial charge in [0.1, 0.15) is 12.4 Å². The minimum absolute atomic E-state index is 0.454. The molecule has 2 aromatic rings. The maximum atomic E-state index is 11.6. The second-order valence-corrected chi connectivity index (χ2v) is 7.43. The minimum Gasteiger partial charge on any atom is -0.492 e. The lowest BCUT2D eigenvalue weighted by Crippen LogP contribution is -2.45. The largest absolute Gasteiger partial charge is 0.492 e. The molecule has 0 aromatic heterocycles. The van der Waals surface area contributed by atoms with Crippen molar-refractivity contribution >= 4 is 29.7 Å². The molecule has 3 rings (SSSR count). The Bertz CT molecular complexity index is 828. The van der Waals surface area contributed by atoms with Crippen molar-refractivity contribution in [3.8, 4) is 5.75 Å². The van der Waals surface area contributed by atoms with E-state index in [9.17, 15) is 4.79 Å². The van der Waals surface area contributed by atoms with Crippen molar-refractivity contribution in [2.45, 2.75) is 0 Å². The Morgan fingerprint density at radius 2 is 1.82 bits per heavy atom. The number of rotatable bonds is 7. The number of hydrogen-bond acceptors (Lipinski definition) is 4. The van der Waals surface area contributed by atoms with Gasteiger partial charge in [-0.2, -0.15) is 0 Å². The molecule has 0 atom stereocenters. The molecule has 2 aromatic carbocycles. The first-order valence-electron chi connectivity index (χ1n) is 9.42. The molecular weight excluding hydrogens is 374 g/mol. The van der Waals surface area contributed by atoms with E-state index >= 15 is 0 Å². The number of primary amides is 1. The highest BCUT2D eigenvalue weighted by Gasteiger charge is 2.14. The molecule has 0 saturated carbocycles. The number of ether oxygens (including phenoxy) is 1. The van der Waals surface area contributed by atoms with Crippen LogP contribution in [0, 0.1) is 0 Å². The van der Waals surface area contributed by atoms with Crippen molar-refractivity contribution in [2.24, 2.45) is 5.73 Å². The number of nitrogens with zero attached hydrogens (tertiary/aromatic N) is 2. The predicted octanol–water partition coefficient (Wildman–Crippen LogP) is 3.24. The van der Waals surface area contributed by atoms with E-state index in [4.69, 9.17) is 22.1 Å². The summed E-state index contributed by atoms with van der Waals surface area (Å²) in [6.07, 6.45) is 3.89. The molecule has 148 valence electrons. The van der Waals surface area contributed by atoms with E-state index < -0.39 is 5.91 Å². The van der Waals surface area contributed by atoms with Gasteiger partial charge in [0.2, 0.25) is 5.91 Å². The smallest absolute Gasteiger partial charge is 0.248 e. The third kappa shape index (κ3) is 5.83. The SMILES string of the molecule is CN1CCN(CCOc2ccc(C(N)=O)cc2/C=C/c2ccc(Cl)cc2)CC1. The molecular formula is C22H26ClN3O2. The monoisotopic (exact) mass is 399 g/mol. The van der Waals surface area contributed by atoms with Gasteiger partial charge in [0.15, 0.2) is 0 Å². The summed E-state index contributed by atoms with van der Waals surface area (Å²) in [5, 5.41) is 0.695. The van der Waals surface area contributed by atoms with E-state index in [-0.39, 0.29) is 0 Å². The number of carbonyl (C=O) groups excluding carboxylic acids is 1. The summed E-state index contributed by atoms with van der Waals surface area (Å²) in [6, 6.07) is 12.8. The maximum Gasteiger partial charge on any atom is 0.248 e. The average Bonchev–Trinajstić information content (AvgIpc) is 2.69. The van der Waals surface area contributed by atoms with Crippen LogP contribution >= 0.6 is 11.6 Å². The van der Waals surface area contributed by atoms with Crippen molar-refractivity contribution in [3.05, 3.63) is 64.2 Å². The summed E-state index contributed by atoms with van der Waals surface area (Å²) < 4.78 is 6.03. The number of likely N-dealkylation sites (N-methyl/N-ethyl adjacent to an activating group) is 1. The third-order valence-corrected chi connectivity index (χ3v) is 5.13. The molecule has 28 heavy (non-hydrogen) atoms. The third-order valence-electron chi connectivity index (χ3n) is 4.88. The number of benzene rings is 2. The van der Waals surface area contributed by atoms with Gasteiger partial charge in [0.05, 0.1) is 0 Å². The molecule has 6 heteroatoms. The van der Waals surface area contributed by atoms with Crippen molar-refractivity contribution in [3.63, 3.8) is 0 Å². The molecule has 0 spiro atoms. The Kier molecular flexibility index (Phi) is 7.09. The maximum absolute atomic E-state index is 11.6. The summed E-state index contributed by atoms with van der Waals surface area (Å²) >= 11 is 5.94. The number of amides is 1. The molecule has 1 heterocycles. The van der Waals surface area contributed by atoms with Crippen molar-refractivity contribution < 1.29 is 9.53 Å². The van der Waals surface area contributed by atoms with Gasteiger partial charge in [-0.15, -0.1) is 0 Å². The fourth-order valence-electron chi connectivity index (χ4n) is 3.08. The fraction of sp³-hybridized carbons (Fsp3) is 0.318. The van der Waals surface area contributed by atoms with Crippen molar-refractivity contribution in [2.75, 3.05) is 46.4 Å². The van der Waals surface area contributed by atoms with Crippen LogP contribution in [0.4, 0.5) is 0 Å². The summed E-state index contributed by atoms with van der Waals surface area (Å²) in [4.78, 5) is 16.3. The quantitative estimate of drug-likeness (QED) is 0.726. The van der Waals surface area contributed by atoms with Crippen molar-refractivity contribution in [1.82, 2.24) is 9.80 Å². The van der Waals surface area contributed by atoms with Crippen molar-refractivity contribution in [1.29, 1.82) is 0 Å². The molecule has 0 radical (unpaired) electrons. The Hall–Kier alpha value is -2.34. The second kappa shape index (κ2) is 9.73. The summed E-state index contributed by atoms with van der Waals surface area (Å²) in [7, 11) is 2.15. The Balaban J connectivity index is 1.68. The van der Waals surface area contributed by atoms with Crippen LogP contribution in [0.15, 0.2) is 42.5 Å². The number of piperazine rings is 1. The van der Waals surface area contributed by atoms with E-state index in [0.717, 1.165) is 49.6 Å². The number of hydrogen-bond donors (Lipinski definition) is 1. The van der Waals surface area contributed by atoms with Crippen LogP contribution in [-0.4, -0.2) is 62.1 Å². The van der Waals surface area contributed by atoms with Gasteiger partial charge in [-0.1, -0.05) is 35.9 Å². The molecule has 2 N–H and O–H groups in total. The minimum atomic E-state index is -0.454. The van der Waals surface area contributed by atoms with Crippen LogP contribution < -0.4 is 10.5 Å². The first-order valence-corrected chi connectivity index (χ1v) is 9.80. The Morgan fingerprint density at radius 3 is 2.50 bits per heavy atom. The summed E-state index contributed by atoms with van der Waals surface area (Å²) in [6.45, 7) is 5.77. The molecule has 5 nitrogen and oxygen atoms in total. The van der Waals surface area contributed by atoms with Crippen LogP contribution in [0.5, 0.6) is 5.75 Å². The van der Waals surface area contributed by atoms with E-state index in [1.54, 1.807) is 12.1 Å². The number of carbonyl (C=O) groups is 1. The molecule has 0 unspecified atom stereocenters. The zero-order valence-corrected chi connectivity index (χ0v) is 16.9. The van der Waals surface area contributed by atoms with Gasteiger partial charge in [0, 0.05) is 48.9 Å². The molecule has 0 bridgehead atoms. The Labute approximate surface area is 171 Å². The molecule has 1 fully saturated rings. The lowest BCUT2D eigenvalue weighted by molar-refractivity contribution is 0.1000. The van der Waals surface area contributed by atoms with Crippen LogP contribution in [0.3, 0.4) is 0 Å². The highest BCUT2D eigenvalue weighted by atomic mass is 35.5. The molecule has 1 aliphatic rings. The normalized spacial score (nSPS) is 15.8. The van der Waals surface area contributed by atoms with Crippen LogP contribution in [-0.2, 0) is 0 Å². The van der Waals surface area contributed by atoms with Gasteiger partial charge < -0.3 is 15.4 Å². The molecule has 1 aliphatic heterocycles. The second-order valence-electron chi connectivity index (χ2n) is 7.00. The molecule has 0 aliphatic carbocycles. The lowest BCUT2D eigenvalue weighted by atomic mass is 10.1. The highest BCUT2D eigenvalue weighted by molar-refractivity contribution is 6.30. The van der Waals surface area contributed by atoms with E-state index in [0.29, 0.717) is 17.2 Å². The first-order chi connectivity index (χ1) is 13.5. The van der Waals surface area contributed by atoms with Gasteiger partial charge >= 0.3 is 0 Å². The molecule has 1 saturated heterocycles.